The predicted molar refractivity (Wildman–Crippen MR) is 206 cm³/mol. The van der Waals surface area contributed by atoms with Crippen LogP contribution in [0.5, 0.6) is 5.75 Å². The van der Waals surface area contributed by atoms with Crippen molar-refractivity contribution in [3.63, 3.8) is 0 Å². The summed E-state index contributed by atoms with van der Waals surface area (Å²) in [4.78, 5) is 82.2. The van der Waals surface area contributed by atoms with Crippen molar-refractivity contribution >= 4 is 35.9 Å². The molecule has 1 amide bonds. The molecule has 11 atom stereocenters. The molecular formula is C42H53F2NO17. The Hall–Kier alpha value is -5.18. The molecule has 342 valence electrons. The molecule has 1 heterocycles. The SMILES string of the molecule is COC(=O)O[C@H]1C(=O)[C@@]2(C)[C@H]([C@H](OC(=O)c3cccc(OC)c3)[C@]3(O)C[C@H](OC(=O)[C@H](O)[C@H](C=C(F)F)NC(=O)OC(C)(C)C)C(C)=C1C3(C)C)[C@]1(OC(C)=O)CO[C@@H]1C[C@@H]2O. The van der Waals surface area contributed by atoms with Gasteiger partial charge in [-0.1, -0.05) is 19.9 Å². The number of benzene rings is 1. The van der Waals surface area contributed by atoms with E-state index in [-0.39, 0.29) is 35.0 Å². The molecule has 4 aliphatic rings. The fraction of sp³-hybridized carbons (Fsp3) is 0.619. The van der Waals surface area contributed by atoms with E-state index in [2.05, 4.69) is 0 Å². The Morgan fingerprint density at radius 3 is 2.26 bits per heavy atom. The maximum absolute atomic E-state index is 15.4. The summed E-state index contributed by atoms with van der Waals surface area (Å²) in [6.07, 6.45) is -17.2. The molecule has 18 nitrogen and oxygen atoms in total. The third-order valence-corrected chi connectivity index (χ3v) is 12.4. The number of aliphatic hydroxyl groups excluding tert-OH is 2. The van der Waals surface area contributed by atoms with E-state index < -0.39 is 131 Å². The molecule has 0 aromatic heterocycles. The van der Waals surface area contributed by atoms with Crippen LogP contribution in [0.4, 0.5) is 18.4 Å². The second kappa shape index (κ2) is 17.2. The molecular weight excluding hydrogens is 828 g/mol. The largest absolute Gasteiger partial charge is 0.509 e. The highest BCUT2D eigenvalue weighted by Crippen LogP contribution is 2.64. The number of aliphatic hydroxyl groups is 3. The van der Waals surface area contributed by atoms with Crippen LogP contribution in [0.1, 0.15) is 78.6 Å². The lowest BCUT2D eigenvalue weighted by molar-refractivity contribution is -0.346. The van der Waals surface area contributed by atoms with E-state index in [9.17, 15) is 48.1 Å². The number of Topliss-reactive ketones (excluding diaryl/α,β-unsaturated/α-hetero) is 1. The summed E-state index contributed by atoms with van der Waals surface area (Å²) in [5.41, 5.74) is -10.0. The molecule has 1 saturated heterocycles. The molecule has 0 unspecified atom stereocenters. The molecule has 1 aromatic carbocycles. The number of amides is 1. The number of nitrogens with one attached hydrogen (secondary N) is 1. The third-order valence-electron chi connectivity index (χ3n) is 12.4. The normalized spacial score (nSPS) is 32.0. The first-order valence-electron chi connectivity index (χ1n) is 19.7. The summed E-state index contributed by atoms with van der Waals surface area (Å²) >= 11 is 0. The van der Waals surface area contributed by atoms with Crippen LogP contribution < -0.4 is 10.1 Å². The summed E-state index contributed by atoms with van der Waals surface area (Å²) in [7, 11) is 2.32. The smallest absolute Gasteiger partial charge is 0.497 e. The maximum atomic E-state index is 15.4. The number of carbonyl (C=O) groups excluding carboxylic acids is 6. The van der Waals surface area contributed by atoms with Gasteiger partial charge < -0.3 is 58.5 Å². The van der Waals surface area contributed by atoms with Crippen LogP contribution >= 0.6 is 0 Å². The molecule has 1 aliphatic heterocycles. The highest BCUT2D eigenvalue weighted by Gasteiger charge is 2.78. The standard InChI is InChI=1S/C42H53F2NO17/c1-19-24(58-35(51)29(48)23(15-27(43)44)45-36(52)62-38(3,4)5)17-42(54)33(60-34(50)21-12-11-13-22(14-21)55-9)31-40(8,25(47)16-26-41(31,18-57-26)61-20(2)46)32(49)30(59-37(53)56-10)28(19)39(42,6)7/h11-15,23-26,29-31,33,47-48,54H,16-18H2,1-10H3,(H,45,52)/t23-,24-,25-,26+,29+,30+,31-,33-,40+,41-,42+/m0/s1. The molecule has 3 aliphatic carbocycles. The minimum Gasteiger partial charge on any atom is -0.497 e. The molecule has 2 saturated carbocycles. The van der Waals surface area contributed by atoms with Gasteiger partial charge >= 0.3 is 30.2 Å². The molecule has 5 rings (SSSR count). The highest BCUT2D eigenvalue weighted by atomic mass is 19.3. The number of alkyl carbamates (subject to hydrolysis) is 1. The van der Waals surface area contributed by atoms with Gasteiger partial charge in [0, 0.05) is 31.3 Å². The maximum Gasteiger partial charge on any atom is 0.509 e. The van der Waals surface area contributed by atoms with E-state index in [1.807, 2.05) is 5.32 Å². The lowest BCUT2D eigenvalue weighted by Gasteiger charge is -2.67. The van der Waals surface area contributed by atoms with Gasteiger partial charge in [0.25, 0.3) is 6.08 Å². The minimum absolute atomic E-state index is 0.0453. The van der Waals surface area contributed by atoms with Crippen molar-refractivity contribution in [3.8, 4) is 5.75 Å². The molecule has 2 bridgehead atoms. The Morgan fingerprint density at radius 1 is 1.05 bits per heavy atom. The van der Waals surface area contributed by atoms with Crippen LogP contribution in [0.2, 0.25) is 0 Å². The van der Waals surface area contributed by atoms with E-state index in [0.29, 0.717) is 0 Å². The van der Waals surface area contributed by atoms with Crippen molar-refractivity contribution < 1.29 is 90.8 Å². The Bertz CT molecular complexity index is 2040. The third kappa shape index (κ3) is 8.48. The van der Waals surface area contributed by atoms with Crippen molar-refractivity contribution in [3.05, 3.63) is 53.1 Å². The van der Waals surface area contributed by atoms with Gasteiger partial charge in [0.1, 0.15) is 35.3 Å². The lowest BCUT2D eigenvalue weighted by Crippen LogP contribution is -2.82. The first-order chi connectivity index (χ1) is 28.7. The van der Waals surface area contributed by atoms with E-state index in [1.165, 1.54) is 73.8 Å². The molecule has 62 heavy (non-hydrogen) atoms. The Balaban J connectivity index is 1.76. The van der Waals surface area contributed by atoms with Crippen molar-refractivity contribution in [1.29, 1.82) is 0 Å². The first kappa shape index (κ1) is 47.9. The molecule has 3 fully saturated rings. The highest BCUT2D eigenvalue weighted by molar-refractivity contribution is 5.95. The summed E-state index contributed by atoms with van der Waals surface area (Å²) in [6.45, 7) is 10.6. The van der Waals surface area contributed by atoms with Crippen molar-refractivity contribution in [2.75, 3.05) is 20.8 Å². The molecule has 1 aromatic rings. The number of halogens is 2. The van der Waals surface area contributed by atoms with Crippen LogP contribution in [0.3, 0.4) is 0 Å². The zero-order chi connectivity index (χ0) is 46.5. The summed E-state index contributed by atoms with van der Waals surface area (Å²) in [5.74, 6) is -6.07. The number of hydrogen-bond donors (Lipinski definition) is 4. The molecule has 20 heteroatoms. The molecule has 0 spiro atoms. The number of ketones is 1. The van der Waals surface area contributed by atoms with Gasteiger partial charge in [-0.25, -0.2) is 19.2 Å². The van der Waals surface area contributed by atoms with Crippen molar-refractivity contribution in [2.24, 2.45) is 16.7 Å². The van der Waals surface area contributed by atoms with Gasteiger partial charge in [-0.2, -0.15) is 8.78 Å². The van der Waals surface area contributed by atoms with Gasteiger partial charge in [-0.3, -0.25) is 9.59 Å². The van der Waals surface area contributed by atoms with Crippen LogP contribution in [-0.2, 0) is 47.5 Å². The van der Waals surface area contributed by atoms with Crippen LogP contribution in [0.25, 0.3) is 0 Å². The van der Waals surface area contributed by atoms with Gasteiger partial charge in [-0.05, 0) is 64.0 Å². The number of rotatable bonds is 10. The first-order valence-corrected chi connectivity index (χ1v) is 19.7. The van der Waals surface area contributed by atoms with Gasteiger partial charge in [0.15, 0.2) is 23.6 Å². The minimum atomic E-state index is -2.58. The number of esters is 3. The number of carbonyl (C=O) groups is 6. The predicted octanol–water partition coefficient (Wildman–Crippen LogP) is 3.47. The fourth-order valence-corrected chi connectivity index (χ4v) is 9.32. The van der Waals surface area contributed by atoms with Crippen molar-refractivity contribution in [1.82, 2.24) is 5.32 Å². The topological polar surface area (TPSA) is 249 Å². The molecule has 0 radical (unpaired) electrons. The van der Waals surface area contributed by atoms with E-state index in [1.54, 1.807) is 6.07 Å². The van der Waals surface area contributed by atoms with Gasteiger partial charge in [0.2, 0.25) is 0 Å². The quantitative estimate of drug-likeness (QED) is 0.149. The van der Waals surface area contributed by atoms with E-state index in [4.69, 9.17) is 37.9 Å². The zero-order valence-corrected chi connectivity index (χ0v) is 35.9. The van der Waals surface area contributed by atoms with Crippen LogP contribution in [0, 0.1) is 16.7 Å². The summed E-state index contributed by atoms with van der Waals surface area (Å²) < 4.78 is 72.0. The van der Waals surface area contributed by atoms with E-state index in [0.717, 1.165) is 14.0 Å². The Labute approximate surface area is 355 Å². The number of fused-ring (bicyclic) bond motifs is 5. The van der Waals surface area contributed by atoms with Crippen LogP contribution in [0.15, 0.2) is 47.6 Å². The second-order valence-electron chi connectivity index (χ2n) is 17.6. The lowest BCUT2D eigenvalue weighted by atomic mass is 9.44. The monoisotopic (exact) mass is 881 g/mol. The van der Waals surface area contributed by atoms with Gasteiger partial charge in [0.05, 0.1) is 49.9 Å². The van der Waals surface area contributed by atoms with Gasteiger partial charge in [-0.15, -0.1) is 0 Å². The molecule has 4 N–H and O–H groups in total. The Morgan fingerprint density at radius 2 is 1.71 bits per heavy atom. The zero-order valence-electron chi connectivity index (χ0n) is 35.9. The second-order valence-corrected chi connectivity index (χ2v) is 17.6. The summed E-state index contributed by atoms with van der Waals surface area (Å²) in [6, 6.07) is 3.61. The fourth-order valence-electron chi connectivity index (χ4n) is 9.32. The number of hydrogen-bond acceptors (Lipinski definition) is 17. The van der Waals surface area contributed by atoms with Crippen LogP contribution in [-0.4, -0.2) is 132 Å². The average molecular weight is 882 g/mol. The summed E-state index contributed by atoms with van der Waals surface area (Å²) in [5, 5.41) is 38.7. The number of methoxy groups -OCH3 is 2. The van der Waals surface area contributed by atoms with Crippen molar-refractivity contribution in [2.45, 2.75) is 128 Å². The number of ether oxygens (including phenoxy) is 8. The van der Waals surface area contributed by atoms with E-state index >= 15 is 4.79 Å². The average Bonchev–Trinajstić information content (AvgIpc) is 3.17. The Kier molecular flexibility index (Phi) is 13.3.